The Morgan fingerprint density at radius 1 is 1.25 bits per heavy atom. The van der Waals surface area contributed by atoms with E-state index in [-0.39, 0.29) is 12.5 Å². The van der Waals surface area contributed by atoms with E-state index in [0.717, 1.165) is 23.6 Å². The van der Waals surface area contributed by atoms with Crippen molar-refractivity contribution in [3.8, 4) is 11.3 Å². The van der Waals surface area contributed by atoms with E-state index in [0.29, 0.717) is 17.3 Å². The average molecular weight is 406 g/mol. The number of hydrogen-bond acceptors (Lipinski definition) is 5. The lowest BCUT2D eigenvalue weighted by atomic mass is 10.1. The molecule has 156 valence electrons. The Morgan fingerprint density at radius 2 is 1.96 bits per heavy atom. The molecular weight excluding hydrogens is 370 g/mol. The zero-order valence-electron chi connectivity index (χ0n) is 18.0. The van der Waals surface area contributed by atoms with Gasteiger partial charge in [-0.1, -0.05) is 44.5 Å². The molecule has 0 aliphatic heterocycles. The molecule has 28 heavy (non-hydrogen) atoms. The van der Waals surface area contributed by atoms with Gasteiger partial charge >= 0.3 is 0 Å². The first-order valence-corrected chi connectivity index (χ1v) is 10.8. The fourth-order valence-electron chi connectivity index (χ4n) is 2.65. The summed E-state index contributed by atoms with van der Waals surface area (Å²) >= 11 is 1.40. The van der Waals surface area contributed by atoms with Gasteiger partial charge in [-0.25, -0.2) is 4.98 Å². The maximum absolute atomic E-state index is 11.1. The van der Waals surface area contributed by atoms with Crippen LogP contribution in [-0.2, 0) is 9.53 Å². The number of carbonyl (C=O) groups is 1. The van der Waals surface area contributed by atoms with E-state index in [9.17, 15) is 4.79 Å². The molecule has 6 heteroatoms. The van der Waals surface area contributed by atoms with E-state index in [1.165, 1.54) is 23.3 Å². The van der Waals surface area contributed by atoms with Crippen LogP contribution in [0.4, 0.5) is 5.13 Å². The number of hydrogen-bond donors (Lipinski definition) is 2. The summed E-state index contributed by atoms with van der Waals surface area (Å²) in [4.78, 5) is 15.5. The zero-order valence-corrected chi connectivity index (χ0v) is 18.8. The number of rotatable bonds is 8. The molecule has 0 aliphatic carbocycles. The van der Waals surface area contributed by atoms with Crippen molar-refractivity contribution in [3.63, 3.8) is 0 Å². The third-order valence-electron chi connectivity index (χ3n) is 4.09. The number of ether oxygens (including phenoxy) is 1. The highest BCUT2D eigenvalue weighted by Gasteiger charge is 2.08. The lowest BCUT2D eigenvalue weighted by molar-refractivity contribution is -0.114. The topological polar surface area (TPSA) is 77.2 Å². The normalized spacial score (nSPS) is 12.9. The van der Waals surface area contributed by atoms with Crippen LogP contribution in [0.15, 0.2) is 29.6 Å². The molecule has 0 spiro atoms. The molecule has 2 aromatic rings. The van der Waals surface area contributed by atoms with Crippen LogP contribution in [0.3, 0.4) is 0 Å². The fraction of sp³-hybridized carbons (Fsp3) is 0.545. The van der Waals surface area contributed by atoms with E-state index in [1.807, 2.05) is 30.5 Å². The Morgan fingerprint density at radius 3 is 2.54 bits per heavy atom. The molecule has 2 rings (SSSR count). The molecule has 0 fully saturated rings. The first kappa shape index (κ1) is 24.3. The van der Waals surface area contributed by atoms with E-state index < -0.39 is 0 Å². The summed E-state index contributed by atoms with van der Waals surface area (Å²) in [5.41, 5.74) is 8.32. The number of aryl methyl sites for hydroxylation is 1. The minimum Gasteiger partial charge on any atom is -0.376 e. The Bertz CT molecular complexity index is 715. The minimum atomic E-state index is -0.227. The summed E-state index contributed by atoms with van der Waals surface area (Å²) < 4.78 is 5.71. The van der Waals surface area contributed by atoms with Crippen LogP contribution < -0.4 is 11.1 Å². The number of amides is 1. The first-order valence-electron chi connectivity index (χ1n) is 9.93. The predicted octanol–water partition coefficient (Wildman–Crippen LogP) is 5.25. The molecule has 5 nitrogen and oxygen atoms in total. The zero-order chi connectivity index (χ0) is 21.1. The highest BCUT2D eigenvalue weighted by molar-refractivity contribution is 7.14. The molecule has 2 atom stereocenters. The van der Waals surface area contributed by atoms with Gasteiger partial charge in [0, 0.05) is 10.9 Å². The molecule has 0 radical (unpaired) electrons. The van der Waals surface area contributed by atoms with Crippen molar-refractivity contribution in [1.29, 1.82) is 0 Å². The van der Waals surface area contributed by atoms with Crippen molar-refractivity contribution in [2.24, 2.45) is 11.7 Å². The van der Waals surface area contributed by atoms with Crippen molar-refractivity contribution in [1.82, 2.24) is 4.98 Å². The number of aromatic nitrogens is 1. The summed E-state index contributed by atoms with van der Waals surface area (Å²) in [7, 11) is 0. The minimum absolute atomic E-state index is 0.0284. The first-order chi connectivity index (χ1) is 13.2. The predicted molar refractivity (Wildman–Crippen MR) is 120 cm³/mol. The van der Waals surface area contributed by atoms with Crippen LogP contribution in [0.25, 0.3) is 11.3 Å². The molecular formula is C22H35N3O2S. The second kappa shape index (κ2) is 12.6. The van der Waals surface area contributed by atoms with Crippen molar-refractivity contribution < 1.29 is 9.53 Å². The average Bonchev–Trinajstić information content (AvgIpc) is 3.09. The SMILES string of the molecule is CC[C@H](C)O[C@H](C)CC(C)C.Cc1cccc(-c2csc(NC(=O)CN)n2)c1. The van der Waals surface area contributed by atoms with Crippen LogP contribution in [0.1, 0.15) is 53.0 Å². The third kappa shape index (κ3) is 9.44. The Labute approximate surface area is 173 Å². The van der Waals surface area contributed by atoms with Crippen molar-refractivity contribution in [3.05, 3.63) is 35.2 Å². The van der Waals surface area contributed by atoms with E-state index in [4.69, 9.17) is 10.5 Å². The van der Waals surface area contributed by atoms with Gasteiger partial charge < -0.3 is 15.8 Å². The van der Waals surface area contributed by atoms with E-state index in [2.05, 4.69) is 51.0 Å². The Balaban J connectivity index is 0.000000311. The van der Waals surface area contributed by atoms with Crippen molar-refractivity contribution >= 4 is 22.4 Å². The summed E-state index contributed by atoms with van der Waals surface area (Å²) in [5.74, 6) is 0.518. The van der Waals surface area contributed by atoms with Gasteiger partial charge in [0.05, 0.1) is 24.4 Å². The lowest BCUT2D eigenvalue weighted by Gasteiger charge is -2.19. The van der Waals surface area contributed by atoms with Gasteiger partial charge in [0.15, 0.2) is 5.13 Å². The second-order valence-corrected chi connectivity index (χ2v) is 8.31. The number of benzene rings is 1. The lowest BCUT2D eigenvalue weighted by Crippen LogP contribution is -2.21. The molecule has 1 heterocycles. The molecule has 0 bridgehead atoms. The largest absolute Gasteiger partial charge is 0.376 e. The number of nitrogens with two attached hydrogens (primary N) is 1. The molecule has 1 aromatic heterocycles. The number of carbonyl (C=O) groups excluding carboxylic acids is 1. The molecule has 3 N–H and O–H groups in total. The quantitative estimate of drug-likeness (QED) is 0.628. The summed E-state index contributed by atoms with van der Waals surface area (Å²) in [5, 5.41) is 5.14. The molecule has 1 amide bonds. The number of nitrogens with one attached hydrogen (secondary N) is 1. The monoisotopic (exact) mass is 405 g/mol. The van der Waals surface area contributed by atoms with Crippen LogP contribution in [0, 0.1) is 12.8 Å². The van der Waals surface area contributed by atoms with Gasteiger partial charge in [0.25, 0.3) is 0 Å². The molecule has 0 saturated carbocycles. The van der Waals surface area contributed by atoms with Gasteiger partial charge in [-0.2, -0.15) is 0 Å². The Hall–Kier alpha value is -1.76. The third-order valence-corrected chi connectivity index (χ3v) is 4.85. The van der Waals surface area contributed by atoms with Crippen LogP contribution in [0.5, 0.6) is 0 Å². The van der Waals surface area contributed by atoms with Gasteiger partial charge in [-0.3, -0.25) is 4.79 Å². The molecule has 0 saturated heterocycles. The molecule has 0 aliphatic rings. The van der Waals surface area contributed by atoms with Crippen LogP contribution >= 0.6 is 11.3 Å². The van der Waals surface area contributed by atoms with Gasteiger partial charge in [0.1, 0.15) is 0 Å². The van der Waals surface area contributed by atoms with E-state index in [1.54, 1.807) is 0 Å². The summed E-state index contributed by atoms with van der Waals surface area (Å²) in [6.45, 7) is 12.9. The van der Waals surface area contributed by atoms with Crippen molar-refractivity contribution in [2.45, 2.75) is 66.6 Å². The summed E-state index contributed by atoms with van der Waals surface area (Å²) in [6.07, 6.45) is 3.13. The van der Waals surface area contributed by atoms with Crippen LogP contribution in [-0.4, -0.2) is 29.6 Å². The van der Waals surface area contributed by atoms with Gasteiger partial charge in [-0.05, 0) is 45.6 Å². The number of nitrogens with zero attached hydrogens (tertiary/aromatic N) is 1. The van der Waals surface area contributed by atoms with E-state index >= 15 is 0 Å². The maximum atomic E-state index is 11.1. The van der Waals surface area contributed by atoms with Gasteiger partial charge in [-0.15, -0.1) is 11.3 Å². The molecule has 1 aromatic carbocycles. The fourth-order valence-corrected chi connectivity index (χ4v) is 3.39. The highest BCUT2D eigenvalue weighted by atomic mass is 32.1. The smallest absolute Gasteiger partial charge is 0.239 e. The maximum Gasteiger partial charge on any atom is 0.239 e. The highest BCUT2D eigenvalue weighted by Crippen LogP contribution is 2.25. The number of thiazole rings is 1. The number of anilines is 1. The van der Waals surface area contributed by atoms with Gasteiger partial charge in [0.2, 0.25) is 5.91 Å². The Kier molecular flexibility index (Phi) is 11.0. The summed E-state index contributed by atoms with van der Waals surface area (Å²) in [6, 6.07) is 8.08. The molecule has 0 unspecified atom stereocenters. The second-order valence-electron chi connectivity index (χ2n) is 7.45. The standard InChI is InChI=1S/C12H13N3OS.C10H22O/c1-8-3-2-4-9(5-8)10-7-17-12(14-10)15-11(16)6-13;1-6-9(4)11-10(5)7-8(2)3/h2-5,7H,6,13H2,1H3,(H,14,15,16);8-10H,6-7H2,1-5H3/t;9-,10+/m.0/s1. The van der Waals surface area contributed by atoms with Crippen molar-refractivity contribution in [2.75, 3.05) is 11.9 Å². The van der Waals surface area contributed by atoms with Crippen LogP contribution in [0.2, 0.25) is 0 Å².